The Kier molecular flexibility index (Phi) is 6.31. The van der Waals surface area contributed by atoms with E-state index in [1.165, 1.54) is 17.3 Å². The number of benzene rings is 1. The normalized spacial score (nSPS) is 15.0. The molecule has 2 aromatic heterocycles. The van der Waals surface area contributed by atoms with Gasteiger partial charge < -0.3 is 4.90 Å². The maximum Gasteiger partial charge on any atom is 0.222 e. The van der Waals surface area contributed by atoms with Crippen molar-refractivity contribution in [2.75, 3.05) is 26.2 Å². The smallest absolute Gasteiger partial charge is 0.222 e. The molecule has 3 heterocycles. The van der Waals surface area contributed by atoms with E-state index in [1.807, 2.05) is 23.1 Å². The number of halogens is 1. The van der Waals surface area contributed by atoms with E-state index in [0.29, 0.717) is 18.5 Å². The molecule has 29 heavy (non-hydrogen) atoms. The lowest BCUT2D eigenvalue weighted by Crippen LogP contribution is -2.48. The predicted molar refractivity (Wildman–Crippen MR) is 111 cm³/mol. The second kappa shape index (κ2) is 9.28. The van der Waals surface area contributed by atoms with Crippen LogP contribution in [-0.2, 0) is 17.9 Å². The predicted octanol–water partition coefficient (Wildman–Crippen LogP) is 3.27. The van der Waals surface area contributed by atoms with E-state index in [4.69, 9.17) is 0 Å². The highest BCUT2D eigenvalue weighted by Gasteiger charge is 2.21. The van der Waals surface area contributed by atoms with Crippen LogP contribution in [0.15, 0.2) is 49.1 Å². The fourth-order valence-corrected chi connectivity index (χ4v) is 4.62. The third-order valence-corrected chi connectivity index (χ3v) is 6.25. The van der Waals surface area contributed by atoms with Gasteiger partial charge in [-0.2, -0.15) is 5.10 Å². The summed E-state index contributed by atoms with van der Waals surface area (Å²) in [7, 11) is 0. The number of hydrogen-bond donors (Lipinski definition) is 0. The van der Waals surface area contributed by atoms with Gasteiger partial charge in [-0.3, -0.25) is 14.4 Å². The van der Waals surface area contributed by atoms with E-state index in [0.717, 1.165) is 44.0 Å². The molecule has 0 atom stereocenters. The van der Waals surface area contributed by atoms with Gasteiger partial charge in [0.15, 0.2) is 0 Å². The zero-order valence-electron chi connectivity index (χ0n) is 16.2. The van der Waals surface area contributed by atoms with Crippen molar-refractivity contribution in [1.82, 2.24) is 24.6 Å². The number of rotatable bonds is 7. The summed E-state index contributed by atoms with van der Waals surface area (Å²) in [6.45, 7) is 4.80. The molecular formula is C21H24FN5OS. The van der Waals surface area contributed by atoms with Crippen molar-refractivity contribution in [2.24, 2.45) is 0 Å². The van der Waals surface area contributed by atoms with Crippen molar-refractivity contribution in [3.05, 3.63) is 59.7 Å². The highest BCUT2D eigenvalue weighted by molar-refractivity contribution is 7.15. The SMILES string of the molecule is O=C(CCCn1cncn1)N1CCN(Cc2ccc(-c3ccccc3F)s2)CC1. The molecule has 0 bridgehead atoms. The van der Waals surface area contributed by atoms with Gasteiger partial charge in [-0.25, -0.2) is 9.37 Å². The number of aryl methyl sites for hydroxylation is 1. The minimum Gasteiger partial charge on any atom is -0.340 e. The van der Waals surface area contributed by atoms with E-state index in [1.54, 1.807) is 28.4 Å². The number of nitrogens with zero attached hydrogens (tertiary/aromatic N) is 5. The second-order valence-corrected chi connectivity index (χ2v) is 8.33. The Morgan fingerprint density at radius 2 is 1.93 bits per heavy atom. The number of aromatic nitrogens is 3. The quantitative estimate of drug-likeness (QED) is 0.597. The molecule has 4 rings (SSSR count). The lowest BCUT2D eigenvalue weighted by atomic mass is 10.2. The van der Waals surface area contributed by atoms with Crippen molar-refractivity contribution in [2.45, 2.75) is 25.9 Å². The van der Waals surface area contributed by atoms with Crippen LogP contribution in [0.25, 0.3) is 10.4 Å². The van der Waals surface area contributed by atoms with Crippen LogP contribution in [0.2, 0.25) is 0 Å². The summed E-state index contributed by atoms with van der Waals surface area (Å²) in [6.07, 6.45) is 4.49. The standard InChI is InChI=1S/C21H24FN5OS/c22-19-5-2-1-4-18(19)20-8-7-17(29-20)14-25-10-12-26(13-11-25)21(28)6-3-9-27-16-23-15-24-27/h1-2,4-5,7-8,15-16H,3,6,9-14H2. The molecule has 0 spiro atoms. The van der Waals surface area contributed by atoms with Gasteiger partial charge in [0.05, 0.1) is 0 Å². The summed E-state index contributed by atoms with van der Waals surface area (Å²) in [5, 5.41) is 4.06. The fraction of sp³-hybridized carbons (Fsp3) is 0.381. The van der Waals surface area contributed by atoms with Gasteiger partial charge in [0, 0.05) is 61.0 Å². The van der Waals surface area contributed by atoms with E-state index in [2.05, 4.69) is 21.0 Å². The molecule has 0 unspecified atom stereocenters. The molecule has 0 N–H and O–H groups in total. The molecule has 0 radical (unpaired) electrons. The largest absolute Gasteiger partial charge is 0.340 e. The Morgan fingerprint density at radius 1 is 1.10 bits per heavy atom. The summed E-state index contributed by atoms with van der Waals surface area (Å²) in [6, 6.07) is 11.0. The zero-order chi connectivity index (χ0) is 20.1. The average Bonchev–Trinajstić information content (AvgIpc) is 3.41. The van der Waals surface area contributed by atoms with Gasteiger partial charge in [0.2, 0.25) is 5.91 Å². The van der Waals surface area contributed by atoms with Gasteiger partial charge in [-0.05, 0) is 24.6 Å². The summed E-state index contributed by atoms with van der Waals surface area (Å²) in [4.78, 5) is 22.8. The van der Waals surface area contributed by atoms with Gasteiger partial charge in [-0.15, -0.1) is 11.3 Å². The maximum atomic E-state index is 14.0. The van der Waals surface area contributed by atoms with E-state index < -0.39 is 0 Å². The van der Waals surface area contributed by atoms with Crippen molar-refractivity contribution in [3.8, 4) is 10.4 Å². The van der Waals surface area contributed by atoms with Crippen LogP contribution >= 0.6 is 11.3 Å². The Labute approximate surface area is 173 Å². The van der Waals surface area contributed by atoms with Crippen molar-refractivity contribution >= 4 is 17.2 Å². The summed E-state index contributed by atoms with van der Waals surface area (Å²) in [5.74, 6) is 0.0274. The van der Waals surface area contributed by atoms with Crippen molar-refractivity contribution in [3.63, 3.8) is 0 Å². The molecule has 8 heteroatoms. The zero-order valence-corrected chi connectivity index (χ0v) is 17.0. The topological polar surface area (TPSA) is 54.3 Å². The number of amides is 1. The monoisotopic (exact) mass is 413 g/mol. The third-order valence-electron chi connectivity index (χ3n) is 5.15. The minimum atomic E-state index is -0.183. The average molecular weight is 414 g/mol. The summed E-state index contributed by atoms with van der Waals surface area (Å²) in [5.41, 5.74) is 0.657. The Balaban J connectivity index is 1.23. The molecule has 1 aliphatic heterocycles. The Hall–Kier alpha value is -2.58. The summed E-state index contributed by atoms with van der Waals surface area (Å²) >= 11 is 1.64. The molecule has 3 aromatic rings. The van der Waals surface area contributed by atoms with Crippen molar-refractivity contribution in [1.29, 1.82) is 0 Å². The highest BCUT2D eigenvalue weighted by atomic mass is 32.1. The first kappa shape index (κ1) is 19.7. The minimum absolute atomic E-state index is 0.183. The number of thiophene rings is 1. The maximum absolute atomic E-state index is 14.0. The molecular weight excluding hydrogens is 389 g/mol. The fourth-order valence-electron chi connectivity index (χ4n) is 3.54. The number of carbonyl (C=O) groups excluding carboxylic acids is 1. The third kappa shape index (κ3) is 5.07. The van der Waals surface area contributed by atoms with Gasteiger partial charge in [0.25, 0.3) is 0 Å². The summed E-state index contributed by atoms with van der Waals surface area (Å²) < 4.78 is 15.7. The number of carbonyl (C=O) groups is 1. The molecule has 152 valence electrons. The molecule has 1 amide bonds. The van der Waals surface area contributed by atoms with Crippen molar-refractivity contribution < 1.29 is 9.18 Å². The van der Waals surface area contributed by atoms with Crippen LogP contribution < -0.4 is 0 Å². The first-order valence-electron chi connectivity index (χ1n) is 9.85. The highest BCUT2D eigenvalue weighted by Crippen LogP contribution is 2.30. The Morgan fingerprint density at radius 3 is 2.69 bits per heavy atom. The van der Waals surface area contributed by atoms with Gasteiger partial charge in [-0.1, -0.05) is 18.2 Å². The van der Waals surface area contributed by atoms with Gasteiger partial charge in [0.1, 0.15) is 18.5 Å². The molecule has 6 nitrogen and oxygen atoms in total. The number of piperazine rings is 1. The van der Waals surface area contributed by atoms with Crippen LogP contribution in [0.1, 0.15) is 17.7 Å². The van der Waals surface area contributed by atoms with E-state index >= 15 is 0 Å². The Bertz CT molecular complexity index is 934. The van der Waals surface area contributed by atoms with Crippen LogP contribution in [0.4, 0.5) is 4.39 Å². The molecule has 0 saturated carbocycles. The lowest BCUT2D eigenvalue weighted by Gasteiger charge is -2.34. The van der Waals surface area contributed by atoms with Crippen LogP contribution in [0, 0.1) is 5.82 Å². The van der Waals surface area contributed by atoms with E-state index in [-0.39, 0.29) is 11.7 Å². The van der Waals surface area contributed by atoms with Crippen LogP contribution in [0.3, 0.4) is 0 Å². The lowest BCUT2D eigenvalue weighted by molar-refractivity contribution is -0.133. The second-order valence-electron chi connectivity index (χ2n) is 7.16. The van der Waals surface area contributed by atoms with Crippen LogP contribution in [-0.4, -0.2) is 56.7 Å². The molecule has 1 fully saturated rings. The molecule has 1 aliphatic rings. The van der Waals surface area contributed by atoms with E-state index in [9.17, 15) is 9.18 Å². The molecule has 0 aliphatic carbocycles. The van der Waals surface area contributed by atoms with Crippen LogP contribution in [0.5, 0.6) is 0 Å². The van der Waals surface area contributed by atoms with Gasteiger partial charge >= 0.3 is 0 Å². The first-order valence-corrected chi connectivity index (χ1v) is 10.7. The molecule has 1 saturated heterocycles. The number of hydrogen-bond acceptors (Lipinski definition) is 5. The molecule has 1 aromatic carbocycles. The first-order chi connectivity index (χ1) is 14.2.